The van der Waals surface area contributed by atoms with E-state index in [1.807, 2.05) is 12.4 Å². The van der Waals surface area contributed by atoms with Crippen LogP contribution in [0, 0.1) is 0 Å². The summed E-state index contributed by atoms with van der Waals surface area (Å²) in [6, 6.07) is 8.35. The molecule has 1 fully saturated rings. The highest BCUT2D eigenvalue weighted by Gasteiger charge is 2.31. The number of nitrogens with one attached hydrogen (secondary N) is 2. The van der Waals surface area contributed by atoms with Gasteiger partial charge in [-0.2, -0.15) is 0 Å². The summed E-state index contributed by atoms with van der Waals surface area (Å²) in [4.78, 5) is 14.5. The highest BCUT2D eigenvalue weighted by molar-refractivity contribution is 8.02. The van der Waals surface area contributed by atoms with Crippen LogP contribution in [0.4, 0.5) is 16.5 Å². The van der Waals surface area contributed by atoms with Crippen LogP contribution in [-0.4, -0.2) is 36.9 Å². The molecular weight excluding hydrogens is 372 g/mol. The minimum absolute atomic E-state index is 0.0903. The Balaban J connectivity index is 0.000000254. The number of aromatic nitrogens is 1. The van der Waals surface area contributed by atoms with E-state index in [1.165, 1.54) is 12.1 Å². The number of carbonyl (C=O) groups excluding carboxylic acids is 1. The van der Waals surface area contributed by atoms with Gasteiger partial charge in [0.05, 0.1) is 12.1 Å². The van der Waals surface area contributed by atoms with Gasteiger partial charge in [-0.25, -0.2) is 9.78 Å². The predicted molar refractivity (Wildman–Crippen MR) is 108 cm³/mol. The third kappa shape index (κ3) is 6.74. The zero-order chi connectivity index (χ0) is 19.0. The van der Waals surface area contributed by atoms with Crippen LogP contribution >= 0.6 is 23.5 Å². The minimum atomic E-state index is -0.683. The van der Waals surface area contributed by atoms with Crippen molar-refractivity contribution in [2.24, 2.45) is 0 Å². The summed E-state index contributed by atoms with van der Waals surface area (Å²) in [5.41, 5.74) is 2.29. The molecule has 0 atom stereocenters. The lowest BCUT2D eigenvalue weighted by atomic mass is 10.3. The van der Waals surface area contributed by atoms with E-state index in [0.29, 0.717) is 0 Å². The van der Waals surface area contributed by atoms with Crippen LogP contribution in [0.5, 0.6) is 0 Å². The van der Waals surface area contributed by atoms with Crippen molar-refractivity contribution in [3.8, 4) is 0 Å². The van der Waals surface area contributed by atoms with Crippen LogP contribution in [0.2, 0.25) is 0 Å². The molecule has 3 rings (SSSR count). The van der Waals surface area contributed by atoms with Gasteiger partial charge in [0, 0.05) is 50.4 Å². The molecule has 2 aromatic rings. The molecule has 1 saturated heterocycles. The summed E-state index contributed by atoms with van der Waals surface area (Å²) >= 11 is 3.11. The maximum absolute atomic E-state index is 10.3. The molecule has 1 aromatic carbocycles. The van der Waals surface area contributed by atoms with E-state index in [0.717, 1.165) is 23.1 Å². The van der Waals surface area contributed by atoms with Gasteiger partial charge in [0.2, 0.25) is 5.79 Å². The van der Waals surface area contributed by atoms with E-state index < -0.39 is 5.79 Å². The predicted octanol–water partition coefficient (Wildman–Crippen LogP) is 3.98. The monoisotopic (exact) mass is 396 g/mol. The summed E-state index contributed by atoms with van der Waals surface area (Å²) in [7, 11) is 2.02. The number of carbonyl (C=O) groups is 1. The Morgan fingerprint density at radius 1 is 1.35 bits per heavy atom. The molecule has 2 heterocycles. The second-order valence-corrected chi connectivity index (χ2v) is 7.60. The largest absolute Gasteiger partial charge is 0.432 e. The second-order valence-electron chi connectivity index (χ2n) is 5.77. The summed E-state index contributed by atoms with van der Waals surface area (Å²) in [6.07, 6.45) is 1.79. The molecule has 0 spiro atoms. The molecule has 1 aliphatic heterocycles. The van der Waals surface area contributed by atoms with Crippen LogP contribution in [0.1, 0.15) is 20.8 Å². The topological polar surface area (TPSA) is 75.7 Å². The molecule has 1 aromatic heterocycles. The lowest BCUT2D eigenvalue weighted by Crippen LogP contribution is -2.19. The first-order valence-electron chi connectivity index (χ1n) is 8.15. The van der Waals surface area contributed by atoms with Crippen LogP contribution in [0.25, 0.3) is 0 Å². The summed E-state index contributed by atoms with van der Waals surface area (Å²) in [6.45, 7) is 6.53. The first kappa shape index (κ1) is 20.3. The molecule has 7 nitrogen and oxygen atoms in total. The molecule has 0 aliphatic carbocycles. The van der Waals surface area contributed by atoms with Gasteiger partial charge in [-0.3, -0.25) is 4.72 Å². The van der Waals surface area contributed by atoms with Gasteiger partial charge in [-0.05, 0) is 31.2 Å². The van der Waals surface area contributed by atoms with E-state index >= 15 is 0 Å². The fourth-order valence-electron chi connectivity index (χ4n) is 1.99. The van der Waals surface area contributed by atoms with Gasteiger partial charge in [0.15, 0.2) is 5.13 Å². The van der Waals surface area contributed by atoms with Crippen molar-refractivity contribution in [1.29, 1.82) is 0 Å². The molecule has 9 heteroatoms. The standard InChI is InChI=1S/C12H16N4S2.C5H8O3/c1-3-13-10-4-6-11(7-5-10)16(2)18-15-12-14-8-9-17-12;1-5(2)7-3-4(6)8-5/h4-9,13H,3H2,1-2H3,(H,14,15);3H2,1-2H3. The number of thiazole rings is 1. The Morgan fingerprint density at radius 3 is 2.54 bits per heavy atom. The van der Waals surface area contributed by atoms with E-state index in [2.05, 4.69) is 55.3 Å². The Kier molecular flexibility index (Phi) is 7.55. The average molecular weight is 397 g/mol. The molecule has 142 valence electrons. The normalized spacial score (nSPS) is 14.8. The maximum Gasteiger partial charge on any atom is 0.334 e. The molecule has 1 aliphatic rings. The molecule has 0 radical (unpaired) electrons. The highest BCUT2D eigenvalue weighted by atomic mass is 32.2. The highest BCUT2D eigenvalue weighted by Crippen LogP contribution is 2.24. The first-order valence-corrected chi connectivity index (χ1v) is 9.81. The number of hydrogen-bond acceptors (Lipinski definition) is 9. The average Bonchev–Trinajstić information content (AvgIpc) is 3.23. The number of anilines is 3. The van der Waals surface area contributed by atoms with Gasteiger partial charge >= 0.3 is 5.97 Å². The number of benzene rings is 1. The van der Waals surface area contributed by atoms with Crippen molar-refractivity contribution in [2.75, 3.05) is 34.5 Å². The van der Waals surface area contributed by atoms with Crippen LogP contribution in [0.3, 0.4) is 0 Å². The molecule has 2 N–H and O–H groups in total. The maximum atomic E-state index is 10.3. The first-order chi connectivity index (χ1) is 12.4. The third-order valence-electron chi connectivity index (χ3n) is 3.21. The van der Waals surface area contributed by atoms with Crippen LogP contribution < -0.4 is 14.3 Å². The van der Waals surface area contributed by atoms with Crippen LogP contribution in [-0.2, 0) is 14.3 Å². The van der Waals surface area contributed by atoms with Crippen molar-refractivity contribution >= 4 is 45.9 Å². The number of hydrogen-bond donors (Lipinski definition) is 2. The molecule has 0 amide bonds. The van der Waals surface area contributed by atoms with E-state index in [-0.39, 0.29) is 12.6 Å². The summed E-state index contributed by atoms with van der Waals surface area (Å²) in [5.74, 6) is -0.966. The Bertz CT molecular complexity index is 678. The van der Waals surface area contributed by atoms with E-state index in [4.69, 9.17) is 4.74 Å². The van der Waals surface area contributed by atoms with Crippen LogP contribution in [0.15, 0.2) is 35.8 Å². The smallest absolute Gasteiger partial charge is 0.334 e. The SMILES string of the molecule is CC1(C)OCC(=O)O1.CCNc1ccc(N(C)SNc2nccs2)cc1. The fraction of sp³-hybridized carbons (Fsp3) is 0.412. The minimum Gasteiger partial charge on any atom is -0.432 e. The van der Waals surface area contributed by atoms with Crippen molar-refractivity contribution in [3.63, 3.8) is 0 Å². The Morgan fingerprint density at radius 2 is 2.08 bits per heavy atom. The number of ether oxygens (including phenoxy) is 2. The molecule has 0 saturated carbocycles. The zero-order valence-electron chi connectivity index (χ0n) is 15.3. The number of nitrogens with zero attached hydrogens (tertiary/aromatic N) is 2. The zero-order valence-corrected chi connectivity index (χ0v) is 16.9. The fourth-order valence-corrected chi connectivity index (χ4v) is 3.16. The number of cyclic esters (lactones) is 1. The summed E-state index contributed by atoms with van der Waals surface area (Å²) in [5, 5.41) is 6.14. The van der Waals surface area contributed by atoms with E-state index in [1.54, 1.807) is 31.4 Å². The van der Waals surface area contributed by atoms with Gasteiger partial charge in [0.25, 0.3) is 0 Å². The number of rotatable bonds is 6. The summed E-state index contributed by atoms with van der Waals surface area (Å²) < 4.78 is 14.8. The van der Waals surface area contributed by atoms with Gasteiger partial charge in [-0.15, -0.1) is 11.3 Å². The Labute approximate surface area is 162 Å². The Hall–Kier alpha value is -1.97. The molecule has 26 heavy (non-hydrogen) atoms. The lowest BCUT2D eigenvalue weighted by Gasteiger charge is -2.17. The third-order valence-corrected chi connectivity index (χ3v) is 4.80. The van der Waals surface area contributed by atoms with E-state index in [9.17, 15) is 4.79 Å². The van der Waals surface area contributed by atoms with Gasteiger partial charge < -0.3 is 19.1 Å². The quantitative estimate of drug-likeness (QED) is 0.561. The molecular formula is C17H24N4O3S2. The van der Waals surface area contributed by atoms with Gasteiger partial charge in [-0.1, -0.05) is 0 Å². The van der Waals surface area contributed by atoms with Crippen molar-refractivity contribution in [3.05, 3.63) is 35.8 Å². The number of esters is 1. The van der Waals surface area contributed by atoms with Gasteiger partial charge in [0.1, 0.15) is 6.61 Å². The molecule has 0 unspecified atom stereocenters. The molecule has 0 bridgehead atoms. The van der Waals surface area contributed by atoms with Crippen molar-refractivity contribution < 1.29 is 14.3 Å². The lowest BCUT2D eigenvalue weighted by molar-refractivity contribution is -0.159. The van der Waals surface area contributed by atoms with Crippen molar-refractivity contribution in [2.45, 2.75) is 26.6 Å². The second kappa shape index (κ2) is 9.65. The van der Waals surface area contributed by atoms with Crippen molar-refractivity contribution in [1.82, 2.24) is 4.98 Å².